The maximum atomic E-state index is 12.1. The molecule has 7 heteroatoms. The Balaban J connectivity index is 1.88. The van der Waals surface area contributed by atoms with Gasteiger partial charge in [-0.25, -0.2) is 0 Å². The molecule has 0 atom stereocenters. The number of nitrogens with one attached hydrogen (secondary N) is 2. The van der Waals surface area contributed by atoms with Gasteiger partial charge in [-0.15, -0.1) is 0 Å². The van der Waals surface area contributed by atoms with E-state index >= 15 is 0 Å². The van der Waals surface area contributed by atoms with E-state index in [0.717, 1.165) is 18.1 Å². The van der Waals surface area contributed by atoms with Crippen LogP contribution in [0.4, 0.5) is 0 Å². The molecule has 27 heavy (non-hydrogen) atoms. The third-order valence-electron chi connectivity index (χ3n) is 3.79. The van der Waals surface area contributed by atoms with Crippen molar-refractivity contribution in [3.05, 3.63) is 64.7 Å². The van der Waals surface area contributed by atoms with E-state index < -0.39 is 0 Å². The maximum Gasteiger partial charge on any atom is 0.251 e. The standard InChI is InChI=1S/C20H25ClN4O2/c1-3-22-20(25(2)14-15-5-4-6-17(21)13-15)24-12-11-23-19(27)16-7-9-18(26)10-8-16/h4-10,13,26H,3,11-12,14H2,1-2H3,(H,22,24)(H,23,27). The predicted octanol–water partition coefficient (Wildman–Crippen LogP) is 2.87. The van der Waals surface area contributed by atoms with Gasteiger partial charge in [-0.3, -0.25) is 9.79 Å². The van der Waals surface area contributed by atoms with Crippen LogP contribution in [0.2, 0.25) is 5.02 Å². The van der Waals surface area contributed by atoms with Crippen molar-refractivity contribution in [3.63, 3.8) is 0 Å². The second-order valence-electron chi connectivity index (χ2n) is 6.02. The molecular weight excluding hydrogens is 364 g/mol. The highest BCUT2D eigenvalue weighted by atomic mass is 35.5. The van der Waals surface area contributed by atoms with Crippen molar-refractivity contribution < 1.29 is 9.90 Å². The van der Waals surface area contributed by atoms with Crippen molar-refractivity contribution in [3.8, 4) is 5.75 Å². The number of phenols is 1. The summed E-state index contributed by atoms with van der Waals surface area (Å²) in [6, 6.07) is 13.9. The first-order chi connectivity index (χ1) is 13.0. The van der Waals surface area contributed by atoms with Crippen molar-refractivity contribution in [2.24, 2.45) is 4.99 Å². The number of hydrogen-bond donors (Lipinski definition) is 3. The first-order valence-corrected chi connectivity index (χ1v) is 9.18. The van der Waals surface area contributed by atoms with Gasteiger partial charge in [-0.1, -0.05) is 23.7 Å². The van der Waals surface area contributed by atoms with Gasteiger partial charge in [0.05, 0.1) is 6.54 Å². The van der Waals surface area contributed by atoms with E-state index in [4.69, 9.17) is 11.6 Å². The molecule has 0 unspecified atom stereocenters. The highest BCUT2D eigenvalue weighted by molar-refractivity contribution is 6.30. The van der Waals surface area contributed by atoms with E-state index in [9.17, 15) is 9.90 Å². The maximum absolute atomic E-state index is 12.1. The zero-order valence-electron chi connectivity index (χ0n) is 15.6. The van der Waals surface area contributed by atoms with Crippen LogP contribution in [0.3, 0.4) is 0 Å². The number of amides is 1. The summed E-state index contributed by atoms with van der Waals surface area (Å²) in [5, 5.41) is 16.0. The molecule has 2 aromatic carbocycles. The first kappa shape index (κ1) is 20.6. The largest absolute Gasteiger partial charge is 0.508 e. The van der Waals surface area contributed by atoms with Gasteiger partial charge >= 0.3 is 0 Å². The van der Waals surface area contributed by atoms with Crippen molar-refractivity contribution >= 4 is 23.5 Å². The van der Waals surface area contributed by atoms with Gasteiger partial charge in [-0.05, 0) is 48.9 Å². The van der Waals surface area contributed by atoms with E-state index in [0.29, 0.717) is 30.2 Å². The Morgan fingerprint density at radius 1 is 1.19 bits per heavy atom. The van der Waals surface area contributed by atoms with Crippen LogP contribution in [0.25, 0.3) is 0 Å². The number of hydrogen-bond acceptors (Lipinski definition) is 3. The van der Waals surface area contributed by atoms with E-state index in [1.807, 2.05) is 43.1 Å². The number of aromatic hydroxyl groups is 1. The molecule has 0 heterocycles. The molecule has 6 nitrogen and oxygen atoms in total. The minimum atomic E-state index is -0.192. The zero-order valence-corrected chi connectivity index (χ0v) is 16.3. The molecule has 0 radical (unpaired) electrons. The Bertz CT molecular complexity index is 778. The molecular formula is C20H25ClN4O2. The number of carbonyl (C=O) groups is 1. The number of phenolic OH excluding ortho intramolecular Hbond substituents is 1. The number of halogens is 1. The molecule has 0 aromatic heterocycles. The number of aliphatic imine (C=N–C) groups is 1. The molecule has 0 saturated carbocycles. The van der Waals surface area contributed by atoms with Gasteiger partial charge in [0.1, 0.15) is 5.75 Å². The van der Waals surface area contributed by atoms with Crippen molar-refractivity contribution in [2.75, 3.05) is 26.7 Å². The minimum absolute atomic E-state index is 0.133. The molecule has 1 amide bonds. The second kappa shape index (κ2) is 10.4. The van der Waals surface area contributed by atoms with Crippen LogP contribution in [0.1, 0.15) is 22.8 Å². The SMILES string of the molecule is CCNC(=NCCNC(=O)c1ccc(O)cc1)N(C)Cc1cccc(Cl)c1. The van der Waals surface area contributed by atoms with Crippen molar-refractivity contribution in [1.29, 1.82) is 0 Å². The summed E-state index contributed by atoms with van der Waals surface area (Å²) in [5.41, 5.74) is 1.60. The third-order valence-corrected chi connectivity index (χ3v) is 4.03. The predicted molar refractivity (Wildman–Crippen MR) is 109 cm³/mol. The normalized spacial score (nSPS) is 11.1. The monoisotopic (exact) mass is 388 g/mol. The summed E-state index contributed by atoms with van der Waals surface area (Å²) >= 11 is 6.04. The van der Waals surface area contributed by atoms with Gasteiger partial charge in [-0.2, -0.15) is 0 Å². The number of nitrogens with zero attached hydrogens (tertiary/aromatic N) is 2. The molecule has 0 bridgehead atoms. The Labute approximate surface area is 164 Å². The minimum Gasteiger partial charge on any atom is -0.508 e. The quantitative estimate of drug-likeness (QED) is 0.387. The van der Waals surface area contributed by atoms with Gasteiger partial charge < -0.3 is 20.6 Å². The molecule has 3 N–H and O–H groups in total. The Morgan fingerprint density at radius 2 is 1.93 bits per heavy atom. The van der Waals surface area contributed by atoms with E-state index in [1.165, 1.54) is 12.1 Å². The lowest BCUT2D eigenvalue weighted by molar-refractivity contribution is 0.0955. The van der Waals surface area contributed by atoms with Gasteiger partial charge in [0, 0.05) is 37.3 Å². The summed E-state index contributed by atoms with van der Waals surface area (Å²) in [5.74, 6) is 0.702. The van der Waals surface area contributed by atoms with Crippen LogP contribution in [0.15, 0.2) is 53.5 Å². The van der Waals surface area contributed by atoms with E-state index in [2.05, 4.69) is 15.6 Å². The topological polar surface area (TPSA) is 77.0 Å². The van der Waals surface area contributed by atoms with Gasteiger partial charge in [0.2, 0.25) is 0 Å². The molecule has 0 fully saturated rings. The van der Waals surface area contributed by atoms with Crippen LogP contribution in [-0.2, 0) is 6.54 Å². The summed E-state index contributed by atoms with van der Waals surface area (Å²) in [7, 11) is 1.96. The smallest absolute Gasteiger partial charge is 0.251 e. The molecule has 0 spiro atoms. The second-order valence-corrected chi connectivity index (χ2v) is 6.46. The molecule has 144 valence electrons. The van der Waals surface area contributed by atoms with E-state index in [1.54, 1.807) is 12.1 Å². The lowest BCUT2D eigenvalue weighted by Crippen LogP contribution is -2.39. The van der Waals surface area contributed by atoms with E-state index in [-0.39, 0.29) is 11.7 Å². The van der Waals surface area contributed by atoms with Crippen LogP contribution in [-0.4, -0.2) is 48.6 Å². The lowest BCUT2D eigenvalue weighted by Gasteiger charge is -2.22. The third kappa shape index (κ3) is 6.83. The summed E-state index contributed by atoms with van der Waals surface area (Å²) < 4.78 is 0. The van der Waals surface area contributed by atoms with Crippen LogP contribution in [0.5, 0.6) is 5.75 Å². The fraction of sp³-hybridized carbons (Fsp3) is 0.300. The number of guanidine groups is 1. The summed E-state index contributed by atoms with van der Waals surface area (Å²) in [4.78, 5) is 18.6. The van der Waals surface area contributed by atoms with Crippen molar-refractivity contribution in [1.82, 2.24) is 15.5 Å². The molecule has 0 saturated heterocycles. The number of rotatable bonds is 7. The molecule has 2 aromatic rings. The molecule has 0 aliphatic heterocycles. The zero-order chi connectivity index (χ0) is 19.6. The molecule has 0 aliphatic carbocycles. The van der Waals surface area contributed by atoms with Crippen LogP contribution >= 0.6 is 11.6 Å². The van der Waals surface area contributed by atoms with Crippen LogP contribution in [0, 0.1) is 0 Å². The van der Waals surface area contributed by atoms with Crippen molar-refractivity contribution in [2.45, 2.75) is 13.5 Å². The highest BCUT2D eigenvalue weighted by Crippen LogP contribution is 2.12. The Hall–Kier alpha value is -2.73. The van der Waals surface area contributed by atoms with Crippen LogP contribution < -0.4 is 10.6 Å². The van der Waals surface area contributed by atoms with Gasteiger partial charge in [0.25, 0.3) is 5.91 Å². The summed E-state index contributed by atoms with van der Waals surface area (Å²) in [6.07, 6.45) is 0. The Kier molecular flexibility index (Phi) is 7.95. The highest BCUT2D eigenvalue weighted by Gasteiger charge is 2.08. The lowest BCUT2D eigenvalue weighted by atomic mass is 10.2. The Morgan fingerprint density at radius 3 is 2.59 bits per heavy atom. The summed E-state index contributed by atoms with van der Waals surface area (Å²) in [6.45, 7) is 4.30. The fourth-order valence-electron chi connectivity index (χ4n) is 2.50. The molecule has 2 rings (SSSR count). The fourth-order valence-corrected chi connectivity index (χ4v) is 2.71. The molecule has 0 aliphatic rings. The average Bonchev–Trinajstić information content (AvgIpc) is 2.64. The van der Waals surface area contributed by atoms with Gasteiger partial charge in [0.15, 0.2) is 5.96 Å². The first-order valence-electron chi connectivity index (χ1n) is 8.80. The number of carbonyl (C=O) groups excluding carboxylic acids is 1. The average molecular weight is 389 g/mol. The number of benzene rings is 2.